The quantitative estimate of drug-likeness (QED) is 0.473. The molecule has 4 heterocycles. The van der Waals surface area contributed by atoms with E-state index in [1.807, 2.05) is 11.9 Å². The van der Waals surface area contributed by atoms with E-state index in [1.165, 1.54) is 23.2 Å². The highest BCUT2D eigenvalue weighted by Gasteiger charge is 2.45. The summed E-state index contributed by atoms with van der Waals surface area (Å²) in [6.45, 7) is 4.01. The van der Waals surface area contributed by atoms with Crippen LogP contribution in [-0.2, 0) is 19.0 Å². The second-order valence-electron chi connectivity index (χ2n) is 9.57. The topological polar surface area (TPSA) is 75.6 Å². The molecule has 0 saturated carbocycles. The molecule has 1 aromatic carbocycles. The fourth-order valence-corrected chi connectivity index (χ4v) is 5.30. The monoisotopic (exact) mass is 520 g/mol. The van der Waals surface area contributed by atoms with Crippen molar-refractivity contribution < 1.29 is 32.2 Å². The van der Waals surface area contributed by atoms with E-state index in [9.17, 15) is 13.6 Å². The van der Waals surface area contributed by atoms with Gasteiger partial charge in [0.25, 0.3) is 0 Å². The molecule has 1 aromatic rings. The van der Waals surface area contributed by atoms with E-state index >= 15 is 4.39 Å². The molecule has 5 rings (SSSR count). The van der Waals surface area contributed by atoms with Gasteiger partial charge in [-0.3, -0.25) is 0 Å². The zero-order valence-corrected chi connectivity index (χ0v) is 20.9. The Balaban J connectivity index is 1.41. The maximum absolute atomic E-state index is 15.5. The number of dihydropyridines is 1. The number of hydrogen-bond donors (Lipinski definition) is 1. The summed E-state index contributed by atoms with van der Waals surface area (Å²) in [4.78, 5) is 20.5. The number of hydrogen-bond acceptors (Lipinski definition) is 8. The molecule has 1 N–H and O–H groups in total. The number of esters is 1. The lowest BCUT2D eigenvalue weighted by molar-refractivity contribution is -0.190. The van der Waals surface area contributed by atoms with Crippen LogP contribution in [0, 0.1) is 11.6 Å². The number of anilines is 1. The number of amidine groups is 1. The zero-order valence-electron chi connectivity index (χ0n) is 20.9. The molecule has 1 spiro atoms. The number of benzene rings is 1. The summed E-state index contributed by atoms with van der Waals surface area (Å²) in [5.41, 5.74) is 0.780. The van der Waals surface area contributed by atoms with Crippen LogP contribution in [-0.4, -0.2) is 80.8 Å². The number of carbonyl (C=O) groups excluding carboxylic acids is 1. The molecule has 0 bridgehead atoms. The van der Waals surface area contributed by atoms with Gasteiger partial charge in [0.1, 0.15) is 23.6 Å². The van der Waals surface area contributed by atoms with Crippen LogP contribution in [0.4, 0.5) is 18.9 Å². The van der Waals surface area contributed by atoms with Gasteiger partial charge in [-0.2, -0.15) is 0 Å². The fourth-order valence-electron chi connectivity index (χ4n) is 5.30. The van der Waals surface area contributed by atoms with Crippen molar-refractivity contribution in [1.82, 2.24) is 10.2 Å². The number of halogens is 3. The lowest BCUT2D eigenvalue weighted by Crippen LogP contribution is -2.52. The number of aliphatic imine (C=N–C) groups is 1. The zero-order chi connectivity index (χ0) is 26.2. The fraction of sp³-hybridized carbons (Fsp3) is 0.538. The van der Waals surface area contributed by atoms with Crippen LogP contribution in [0.3, 0.4) is 0 Å². The molecule has 3 atom stereocenters. The van der Waals surface area contributed by atoms with Crippen molar-refractivity contribution in [1.29, 1.82) is 0 Å². The molecule has 37 heavy (non-hydrogen) atoms. The maximum Gasteiger partial charge on any atom is 0.335 e. The van der Waals surface area contributed by atoms with Crippen LogP contribution >= 0.6 is 0 Å². The lowest BCUT2D eigenvalue weighted by Gasteiger charge is -2.42. The molecule has 4 aliphatic rings. The first-order chi connectivity index (χ1) is 17.8. The van der Waals surface area contributed by atoms with Crippen LogP contribution in [0.25, 0.3) is 0 Å². The molecule has 0 radical (unpaired) electrons. The highest BCUT2D eigenvalue weighted by Crippen LogP contribution is 2.38. The molecule has 4 aliphatic heterocycles. The number of likely N-dealkylation sites (tertiary alicyclic amines) is 1. The molecule has 11 heteroatoms. The Morgan fingerprint density at radius 3 is 2.78 bits per heavy atom. The minimum absolute atomic E-state index is 0.0234. The van der Waals surface area contributed by atoms with E-state index in [0.29, 0.717) is 44.7 Å². The Bertz CT molecular complexity index is 1130. The third-order valence-corrected chi connectivity index (χ3v) is 7.07. The minimum Gasteiger partial charge on any atom is -0.463 e. The van der Waals surface area contributed by atoms with E-state index < -0.39 is 35.7 Å². The van der Waals surface area contributed by atoms with Gasteiger partial charge in [0.2, 0.25) is 0 Å². The molecular weight excluding hydrogens is 489 g/mol. The van der Waals surface area contributed by atoms with Crippen LogP contribution in [0.15, 0.2) is 46.6 Å². The predicted octanol–water partition coefficient (Wildman–Crippen LogP) is 3.05. The van der Waals surface area contributed by atoms with Gasteiger partial charge in [-0.15, -0.1) is 0 Å². The number of alkyl halides is 1. The van der Waals surface area contributed by atoms with E-state index in [0.717, 1.165) is 12.1 Å². The van der Waals surface area contributed by atoms with Crippen LogP contribution in [0.5, 0.6) is 0 Å². The number of ether oxygens (including phenoxy) is 3. The Morgan fingerprint density at radius 2 is 2.08 bits per heavy atom. The van der Waals surface area contributed by atoms with Gasteiger partial charge in [-0.05, 0) is 37.8 Å². The summed E-state index contributed by atoms with van der Waals surface area (Å²) in [5.74, 6) is -2.56. The van der Waals surface area contributed by atoms with E-state index in [-0.39, 0.29) is 36.2 Å². The summed E-state index contributed by atoms with van der Waals surface area (Å²) < 4.78 is 61.2. The van der Waals surface area contributed by atoms with Gasteiger partial charge in [-0.1, -0.05) is 0 Å². The Morgan fingerprint density at radius 1 is 1.30 bits per heavy atom. The van der Waals surface area contributed by atoms with Gasteiger partial charge in [-0.25, -0.2) is 23.0 Å². The average molecular weight is 521 g/mol. The molecule has 8 nitrogen and oxygen atoms in total. The van der Waals surface area contributed by atoms with E-state index in [1.54, 1.807) is 6.92 Å². The summed E-state index contributed by atoms with van der Waals surface area (Å²) in [6, 6.07) is 3.18. The number of likely N-dealkylation sites (N-methyl/N-ethyl adjacent to an activating group) is 1. The molecule has 0 amide bonds. The van der Waals surface area contributed by atoms with Gasteiger partial charge in [0.05, 0.1) is 30.6 Å². The number of nitrogens with one attached hydrogen (secondary N) is 1. The largest absolute Gasteiger partial charge is 0.463 e. The van der Waals surface area contributed by atoms with Crippen molar-refractivity contribution in [3.8, 4) is 0 Å². The number of carbonyl (C=O) groups is 1. The van der Waals surface area contributed by atoms with Gasteiger partial charge in [0.15, 0.2) is 12.0 Å². The van der Waals surface area contributed by atoms with Crippen molar-refractivity contribution >= 4 is 17.5 Å². The third-order valence-electron chi connectivity index (χ3n) is 7.07. The second kappa shape index (κ2) is 10.5. The van der Waals surface area contributed by atoms with Crippen molar-refractivity contribution in [3.63, 3.8) is 0 Å². The van der Waals surface area contributed by atoms with Gasteiger partial charge in [0, 0.05) is 51.2 Å². The molecule has 3 unspecified atom stereocenters. The molecule has 0 aliphatic carbocycles. The van der Waals surface area contributed by atoms with Crippen molar-refractivity contribution in [3.05, 3.63) is 53.3 Å². The molecule has 2 fully saturated rings. The summed E-state index contributed by atoms with van der Waals surface area (Å²) in [6.07, 6.45) is 1.83. The minimum atomic E-state index is -1.50. The summed E-state index contributed by atoms with van der Waals surface area (Å²) >= 11 is 0. The average Bonchev–Trinajstić information content (AvgIpc) is 3.26. The molecular formula is C26H31F3N4O4. The van der Waals surface area contributed by atoms with Crippen molar-refractivity contribution in [2.75, 3.05) is 44.8 Å². The second-order valence-corrected chi connectivity index (χ2v) is 9.57. The van der Waals surface area contributed by atoms with E-state index in [2.05, 4.69) is 5.32 Å². The third kappa shape index (κ3) is 5.12. The molecule has 200 valence electrons. The Kier molecular flexibility index (Phi) is 7.28. The predicted molar refractivity (Wildman–Crippen MR) is 131 cm³/mol. The molecule has 2 saturated heterocycles. The van der Waals surface area contributed by atoms with Gasteiger partial charge >= 0.3 is 5.97 Å². The lowest BCUT2D eigenvalue weighted by atomic mass is 9.94. The SMILES string of the molecule is CCOC(=O)C1=CN(c2ccc(F)cc2F)C2N=C(N3CCC4(CC3)OCC(CNC)O4)C(F)C=C2C1. The number of rotatable bonds is 5. The summed E-state index contributed by atoms with van der Waals surface area (Å²) in [7, 11) is 1.86. The van der Waals surface area contributed by atoms with Crippen LogP contribution in [0.1, 0.15) is 26.2 Å². The van der Waals surface area contributed by atoms with Crippen LogP contribution < -0.4 is 10.2 Å². The number of nitrogens with zero attached hydrogens (tertiary/aromatic N) is 3. The smallest absolute Gasteiger partial charge is 0.335 e. The first-order valence-corrected chi connectivity index (χ1v) is 12.6. The summed E-state index contributed by atoms with van der Waals surface area (Å²) in [5, 5.41) is 3.09. The van der Waals surface area contributed by atoms with Crippen LogP contribution in [0.2, 0.25) is 0 Å². The van der Waals surface area contributed by atoms with Crippen molar-refractivity contribution in [2.45, 2.75) is 50.4 Å². The van der Waals surface area contributed by atoms with E-state index in [4.69, 9.17) is 19.2 Å². The standard InChI is InChI=1S/C26H31F3N4O4/c1-3-35-25(34)17-10-16-11-21(29)24(31-23(16)33(14-17)22-5-4-18(27)12-20(22)28)32-8-6-26(7-9-32)36-15-19(37-26)13-30-2/h4-5,11-12,14,19,21,23,30H,3,6-10,13,15H2,1-2H3. The highest BCUT2D eigenvalue weighted by atomic mass is 19.1. The first kappa shape index (κ1) is 25.7. The molecule has 0 aromatic heterocycles. The normalized spacial score (nSPS) is 26.9. The first-order valence-electron chi connectivity index (χ1n) is 12.6. The number of fused-ring (bicyclic) bond motifs is 1. The maximum atomic E-state index is 15.5. The van der Waals surface area contributed by atoms with Crippen molar-refractivity contribution in [2.24, 2.45) is 4.99 Å². The Labute approximate surface area is 213 Å². The number of piperidine rings is 1. The highest BCUT2D eigenvalue weighted by molar-refractivity contribution is 5.93. The Hall–Kier alpha value is -2.89. The van der Waals surface area contributed by atoms with Gasteiger partial charge < -0.3 is 29.3 Å².